The van der Waals surface area contributed by atoms with Gasteiger partial charge in [-0.2, -0.15) is 0 Å². The Morgan fingerprint density at radius 2 is 1.09 bits per heavy atom. The summed E-state index contributed by atoms with van der Waals surface area (Å²) in [4.78, 5) is 55.7. The van der Waals surface area contributed by atoms with Gasteiger partial charge in [0.05, 0.1) is 6.61 Å². The minimum atomic E-state index is -1.32. The molecule has 1 saturated heterocycles. The van der Waals surface area contributed by atoms with E-state index in [9.17, 15) is 24.0 Å². The number of amides is 3. The first kappa shape index (κ1) is 45.4. The van der Waals surface area contributed by atoms with E-state index in [2.05, 4.69) is 74.4 Å². The molecule has 0 aliphatic carbocycles. The molecule has 0 saturated carbocycles. The normalized spacial score (nSPS) is 16.6. The standard InChI is InChI=1S/C11H14BrNO2.C10H9BrN2O2.C9H10BrNO2.C8H7BrO/c1-3-15-10(14)11(2,13)8-4-6-9(12)7-5-8;1-10(8(14)12-9(15)13-10)6-2-4-7(11)5-3-6;1-9(11,8(12)13)6-2-4-7(10)5-3-6;1-6(10)7-2-4-8(9)5-3-7/h4-7H,3,13H2,1-2H3;2-5H,1H3,(H2,12,13,14,15);2-5H,11H2,1H3,(H,12,13);2-5H,1H3. The summed E-state index contributed by atoms with van der Waals surface area (Å²) >= 11 is 13.2. The molecule has 5 rings (SSSR count). The SMILES string of the molecule is CC(=O)c1ccc(Br)cc1.CC(N)(C(=O)O)c1ccc(Br)cc1.CC1(c2ccc(Br)cc2)NC(=O)NC1=O.CCOC(=O)C(C)(N)c1ccc(Br)cc1. The van der Waals surface area contributed by atoms with Crippen LogP contribution in [0.3, 0.4) is 0 Å². The summed E-state index contributed by atoms with van der Waals surface area (Å²) in [5, 5.41) is 13.6. The first-order valence-electron chi connectivity index (χ1n) is 15.8. The van der Waals surface area contributed by atoms with Crippen molar-refractivity contribution in [3.63, 3.8) is 0 Å². The van der Waals surface area contributed by atoms with E-state index in [-0.39, 0.29) is 11.7 Å². The second kappa shape index (κ2) is 20.1. The van der Waals surface area contributed by atoms with Gasteiger partial charge in [-0.05, 0) is 99.8 Å². The van der Waals surface area contributed by atoms with Crippen LogP contribution in [0, 0.1) is 0 Å². The first-order valence-corrected chi connectivity index (χ1v) is 19.0. The zero-order valence-corrected chi connectivity index (χ0v) is 35.9. The number of Topliss-reactive ketones (excluding diaryl/α,β-unsaturated/α-hetero) is 1. The highest BCUT2D eigenvalue weighted by atomic mass is 79.9. The minimum Gasteiger partial charge on any atom is -0.480 e. The molecule has 1 aliphatic heterocycles. The van der Waals surface area contributed by atoms with Gasteiger partial charge in [-0.1, -0.05) is 112 Å². The number of ketones is 1. The van der Waals surface area contributed by atoms with Crippen molar-refractivity contribution in [1.29, 1.82) is 0 Å². The van der Waals surface area contributed by atoms with E-state index in [0.29, 0.717) is 12.2 Å². The fraction of sp³-hybridized carbons (Fsp3) is 0.237. The number of urea groups is 1. The van der Waals surface area contributed by atoms with Gasteiger partial charge in [-0.3, -0.25) is 14.9 Å². The lowest BCUT2D eigenvalue weighted by molar-refractivity contribution is -0.149. The highest BCUT2D eigenvalue weighted by Crippen LogP contribution is 2.26. The van der Waals surface area contributed by atoms with Crippen molar-refractivity contribution in [3.05, 3.63) is 137 Å². The van der Waals surface area contributed by atoms with Crippen LogP contribution < -0.4 is 22.1 Å². The highest BCUT2D eigenvalue weighted by Gasteiger charge is 2.43. The lowest BCUT2D eigenvalue weighted by Gasteiger charge is -2.22. The summed E-state index contributed by atoms with van der Waals surface area (Å²) < 4.78 is 8.69. The first-order chi connectivity index (χ1) is 24.6. The number of imide groups is 1. The predicted octanol–water partition coefficient (Wildman–Crippen LogP) is 8.05. The van der Waals surface area contributed by atoms with Gasteiger partial charge in [0.15, 0.2) is 5.78 Å². The van der Waals surface area contributed by atoms with E-state index >= 15 is 0 Å². The van der Waals surface area contributed by atoms with E-state index in [4.69, 9.17) is 21.3 Å². The Labute approximate surface area is 342 Å². The number of carboxylic acids is 1. The molecule has 1 aliphatic rings. The molecule has 53 heavy (non-hydrogen) atoms. The summed E-state index contributed by atoms with van der Waals surface area (Å²) in [6.45, 7) is 8.45. The number of ether oxygens (including phenoxy) is 1. The third kappa shape index (κ3) is 13.3. The van der Waals surface area contributed by atoms with Gasteiger partial charge in [0.25, 0.3) is 5.91 Å². The molecule has 0 aromatic heterocycles. The molecule has 1 fully saturated rings. The number of esters is 1. The van der Waals surface area contributed by atoms with Gasteiger partial charge in [0.2, 0.25) is 0 Å². The number of benzene rings is 4. The molecule has 282 valence electrons. The zero-order valence-electron chi connectivity index (χ0n) is 29.5. The molecule has 0 radical (unpaired) electrons. The van der Waals surface area contributed by atoms with E-state index in [1.807, 2.05) is 36.4 Å². The Morgan fingerprint density at radius 1 is 0.717 bits per heavy atom. The summed E-state index contributed by atoms with van der Waals surface area (Å²) in [6.07, 6.45) is 0. The van der Waals surface area contributed by atoms with Crippen molar-refractivity contribution >= 4 is 93.4 Å². The second-order valence-corrected chi connectivity index (χ2v) is 15.7. The van der Waals surface area contributed by atoms with E-state index in [1.165, 1.54) is 6.92 Å². The Kier molecular flexibility index (Phi) is 17.2. The molecule has 4 aromatic rings. The van der Waals surface area contributed by atoms with Gasteiger partial charge in [-0.25, -0.2) is 14.4 Å². The third-order valence-corrected chi connectivity index (χ3v) is 9.86. The van der Waals surface area contributed by atoms with Crippen molar-refractivity contribution in [1.82, 2.24) is 10.6 Å². The average molecular weight is 984 g/mol. The molecule has 11 nitrogen and oxygen atoms in total. The molecular formula is C38H40Br4N4O7. The van der Waals surface area contributed by atoms with Crippen molar-refractivity contribution in [2.45, 2.75) is 51.2 Å². The van der Waals surface area contributed by atoms with Crippen molar-refractivity contribution in [2.24, 2.45) is 11.5 Å². The predicted molar refractivity (Wildman–Crippen MR) is 218 cm³/mol. The molecule has 1 heterocycles. The highest BCUT2D eigenvalue weighted by molar-refractivity contribution is 9.11. The van der Waals surface area contributed by atoms with Crippen LogP contribution >= 0.6 is 63.7 Å². The minimum absolute atomic E-state index is 0.104. The molecule has 0 spiro atoms. The maximum atomic E-state index is 11.6. The fourth-order valence-electron chi connectivity index (χ4n) is 4.33. The quantitative estimate of drug-likeness (QED) is 0.0693. The zero-order chi connectivity index (χ0) is 40.1. The molecule has 3 amide bonds. The Morgan fingerprint density at radius 3 is 1.43 bits per heavy atom. The van der Waals surface area contributed by atoms with E-state index in [1.54, 1.807) is 88.4 Å². The summed E-state index contributed by atoms with van der Waals surface area (Å²) in [5.74, 6) is -1.66. The molecular weight excluding hydrogens is 944 g/mol. The monoisotopic (exact) mass is 980 g/mol. The Bertz CT molecular complexity index is 1890. The maximum absolute atomic E-state index is 11.6. The van der Waals surface area contributed by atoms with Crippen LogP contribution in [0.2, 0.25) is 0 Å². The average Bonchev–Trinajstić information content (AvgIpc) is 3.37. The van der Waals surface area contributed by atoms with Gasteiger partial charge >= 0.3 is 18.0 Å². The van der Waals surface area contributed by atoms with Crippen LogP contribution in [0.1, 0.15) is 61.7 Å². The number of carbonyl (C=O) groups is 5. The third-order valence-electron chi connectivity index (χ3n) is 7.75. The summed E-state index contributed by atoms with van der Waals surface area (Å²) in [5.41, 5.74) is 11.0. The molecule has 3 atom stereocenters. The van der Waals surface area contributed by atoms with Crippen LogP contribution in [0.25, 0.3) is 0 Å². The van der Waals surface area contributed by atoms with E-state index < -0.39 is 34.6 Å². The van der Waals surface area contributed by atoms with Crippen molar-refractivity contribution < 1.29 is 33.8 Å². The number of hydrogen-bond acceptors (Lipinski definition) is 8. The van der Waals surface area contributed by atoms with Crippen LogP contribution in [0.5, 0.6) is 0 Å². The number of carbonyl (C=O) groups excluding carboxylic acids is 4. The number of carboxylic acid groups (broad SMARTS) is 1. The van der Waals surface area contributed by atoms with E-state index in [0.717, 1.165) is 34.6 Å². The largest absolute Gasteiger partial charge is 0.480 e. The van der Waals surface area contributed by atoms with Crippen LogP contribution in [-0.4, -0.2) is 41.4 Å². The van der Waals surface area contributed by atoms with Crippen molar-refractivity contribution in [2.75, 3.05) is 6.61 Å². The maximum Gasteiger partial charge on any atom is 0.330 e. The second-order valence-electron chi connectivity index (χ2n) is 12.0. The van der Waals surface area contributed by atoms with Crippen molar-refractivity contribution in [3.8, 4) is 0 Å². The lowest BCUT2D eigenvalue weighted by atomic mass is 9.92. The number of nitrogens with one attached hydrogen (secondary N) is 2. The Hall–Kier alpha value is -3.73. The molecule has 7 N–H and O–H groups in total. The summed E-state index contributed by atoms with van der Waals surface area (Å²) in [7, 11) is 0. The topological polar surface area (TPSA) is 191 Å². The Balaban J connectivity index is 0.000000247. The number of aliphatic carboxylic acids is 1. The lowest BCUT2D eigenvalue weighted by Crippen LogP contribution is -2.43. The number of rotatable bonds is 7. The van der Waals surface area contributed by atoms with Crippen LogP contribution in [0.15, 0.2) is 115 Å². The summed E-state index contributed by atoms with van der Waals surface area (Å²) in [6, 6.07) is 28.4. The molecule has 4 aromatic carbocycles. The molecule has 15 heteroatoms. The number of halogens is 4. The number of hydrogen-bond donors (Lipinski definition) is 5. The fourth-order valence-corrected chi connectivity index (χ4v) is 5.39. The van der Waals surface area contributed by atoms with Gasteiger partial charge in [-0.15, -0.1) is 0 Å². The van der Waals surface area contributed by atoms with Gasteiger partial charge in [0.1, 0.15) is 16.6 Å². The molecule has 3 unspecified atom stereocenters. The van der Waals surface area contributed by atoms with Crippen LogP contribution in [-0.2, 0) is 35.7 Å². The number of nitrogens with two attached hydrogens (primary N) is 2. The smallest absolute Gasteiger partial charge is 0.330 e. The molecule has 0 bridgehead atoms. The van der Waals surface area contributed by atoms with Gasteiger partial charge in [0, 0.05) is 23.5 Å². The van der Waals surface area contributed by atoms with Gasteiger partial charge < -0.3 is 26.6 Å². The van der Waals surface area contributed by atoms with Crippen LogP contribution in [0.4, 0.5) is 4.79 Å².